The van der Waals surface area contributed by atoms with Gasteiger partial charge in [0, 0.05) is 12.8 Å². The first kappa shape index (κ1) is 11.6. The lowest BCUT2D eigenvalue weighted by atomic mass is 10.2. The molecular formula is C10H21NO. The van der Waals surface area contributed by atoms with Crippen LogP contribution < -0.4 is 0 Å². The van der Waals surface area contributed by atoms with Crippen molar-refractivity contribution < 1.29 is 4.79 Å². The average Bonchev–Trinajstić information content (AvgIpc) is 2.12. The second-order valence-corrected chi connectivity index (χ2v) is 3.02. The second kappa shape index (κ2) is 7.29. The van der Waals surface area contributed by atoms with E-state index in [-0.39, 0.29) is 0 Å². The van der Waals surface area contributed by atoms with E-state index in [9.17, 15) is 4.79 Å². The van der Waals surface area contributed by atoms with Crippen LogP contribution in [0.4, 0.5) is 0 Å². The van der Waals surface area contributed by atoms with Crippen molar-refractivity contribution in [3.63, 3.8) is 0 Å². The molecular weight excluding hydrogens is 150 g/mol. The molecule has 0 bridgehead atoms. The normalized spacial score (nSPS) is 10.7. The second-order valence-electron chi connectivity index (χ2n) is 3.02. The Morgan fingerprint density at radius 3 is 2.17 bits per heavy atom. The molecule has 0 rings (SSSR count). The van der Waals surface area contributed by atoms with E-state index in [0.717, 1.165) is 32.5 Å². The Morgan fingerprint density at radius 1 is 1.17 bits per heavy atom. The van der Waals surface area contributed by atoms with Crippen LogP contribution in [-0.4, -0.2) is 30.3 Å². The molecule has 0 radical (unpaired) electrons. The van der Waals surface area contributed by atoms with Gasteiger partial charge in [0.2, 0.25) is 0 Å². The van der Waals surface area contributed by atoms with Gasteiger partial charge in [-0.1, -0.05) is 20.8 Å². The molecule has 0 N–H and O–H groups in total. The number of nitrogens with zero attached hydrogens (tertiary/aromatic N) is 1. The zero-order valence-electron chi connectivity index (χ0n) is 8.60. The van der Waals surface area contributed by atoms with Crippen LogP contribution in [0, 0.1) is 0 Å². The number of Topliss-reactive ketones (excluding diaryl/α,β-unsaturated/α-hetero) is 1. The fourth-order valence-corrected chi connectivity index (χ4v) is 1.22. The first-order chi connectivity index (χ1) is 5.74. The van der Waals surface area contributed by atoms with Gasteiger partial charge in [0.1, 0.15) is 5.78 Å². The Balaban J connectivity index is 3.34. The van der Waals surface area contributed by atoms with E-state index in [2.05, 4.69) is 18.7 Å². The summed E-state index contributed by atoms with van der Waals surface area (Å²) >= 11 is 0. The van der Waals surface area contributed by atoms with E-state index in [4.69, 9.17) is 0 Å². The van der Waals surface area contributed by atoms with E-state index in [0.29, 0.717) is 12.2 Å². The lowest BCUT2D eigenvalue weighted by Gasteiger charge is -2.16. The fourth-order valence-electron chi connectivity index (χ4n) is 1.22. The van der Waals surface area contributed by atoms with E-state index < -0.39 is 0 Å². The SMILES string of the molecule is CCC(=O)CCCN(CC)CC. The van der Waals surface area contributed by atoms with E-state index in [1.165, 1.54) is 0 Å². The fraction of sp³-hybridized carbons (Fsp3) is 0.900. The van der Waals surface area contributed by atoms with Gasteiger partial charge in [-0.15, -0.1) is 0 Å². The minimum absolute atomic E-state index is 0.391. The highest BCUT2D eigenvalue weighted by atomic mass is 16.1. The molecule has 2 heteroatoms. The highest BCUT2D eigenvalue weighted by molar-refractivity contribution is 5.77. The zero-order valence-corrected chi connectivity index (χ0v) is 8.60. The zero-order chi connectivity index (χ0) is 9.40. The quantitative estimate of drug-likeness (QED) is 0.584. The van der Waals surface area contributed by atoms with Gasteiger partial charge in [0.15, 0.2) is 0 Å². The monoisotopic (exact) mass is 171 g/mol. The molecule has 0 spiro atoms. The van der Waals surface area contributed by atoms with Crippen LogP contribution in [0.3, 0.4) is 0 Å². The number of carbonyl (C=O) groups is 1. The molecule has 0 aliphatic carbocycles. The van der Waals surface area contributed by atoms with Crippen molar-refractivity contribution >= 4 is 5.78 Å². The number of rotatable bonds is 7. The Bertz CT molecular complexity index is 119. The third-order valence-electron chi connectivity index (χ3n) is 2.22. The summed E-state index contributed by atoms with van der Waals surface area (Å²) in [5.41, 5.74) is 0. The average molecular weight is 171 g/mol. The molecule has 0 saturated carbocycles. The van der Waals surface area contributed by atoms with Gasteiger partial charge in [0.25, 0.3) is 0 Å². The summed E-state index contributed by atoms with van der Waals surface area (Å²) in [6, 6.07) is 0. The topological polar surface area (TPSA) is 20.3 Å². The number of ketones is 1. The summed E-state index contributed by atoms with van der Waals surface area (Å²) in [5.74, 6) is 0.391. The van der Waals surface area contributed by atoms with Crippen LogP contribution in [0.5, 0.6) is 0 Å². The molecule has 0 unspecified atom stereocenters. The van der Waals surface area contributed by atoms with Gasteiger partial charge in [-0.3, -0.25) is 4.79 Å². The number of carbonyl (C=O) groups excluding carboxylic acids is 1. The molecule has 0 aromatic carbocycles. The smallest absolute Gasteiger partial charge is 0.132 e. The minimum Gasteiger partial charge on any atom is -0.304 e. The van der Waals surface area contributed by atoms with Crippen LogP contribution in [0.15, 0.2) is 0 Å². The molecule has 0 aromatic rings. The van der Waals surface area contributed by atoms with Crippen LogP contribution >= 0.6 is 0 Å². The summed E-state index contributed by atoms with van der Waals surface area (Å²) in [7, 11) is 0. The maximum atomic E-state index is 11.0. The molecule has 0 aliphatic heterocycles. The molecule has 72 valence electrons. The number of hydrogen-bond acceptors (Lipinski definition) is 2. The van der Waals surface area contributed by atoms with Crippen molar-refractivity contribution in [2.75, 3.05) is 19.6 Å². The lowest BCUT2D eigenvalue weighted by Crippen LogP contribution is -2.24. The highest BCUT2D eigenvalue weighted by Gasteiger charge is 2.01. The standard InChI is InChI=1S/C10H21NO/c1-4-10(12)8-7-9-11(5-2)6-3/h4-9H2,1-3H3. The van der Waals surface area contributed by atoms with Gasteiger partial charge in [-0.2, -0.15) is 0 Å². The molecule has 0 saturated heterocycles. The van der Waals surface area contributed by atoms with E-state index in [1.807, 2.05) is 6.92 Å². The Hall–Kier alpha value is -0.370. The van der Waals surface area contributed by atoms with Gasteiger partial charge in [-0.25, -0.2) is 0 Å². The molecule has 2 nitrogen and oxygen atoms in total. The van der Waals surface area contributed by atoms with Crippen LogP contribution in [0.1, 0.15) is 40.0 Å². The lowest BCUT2D eigenvalue weighted by molar-refractivity contribution is -0.118. The van der Waals surface area contributed by atoms with Crippen LogP contribution in [0.25, 0.3) is 0 Å². The van der Waals surface area contributed by atoms with Crippen molar-refractivity contribution in [2.24, 2.45) is 0 Å². The van der Waals surface area contributed by atoms with Crippen molar-refractivity contribution in [1.82, 2.24) is 4.90 Å². The molecule has 0 aromatic heterocycles. The maximum absolute atomic E-state index is 11.0. The molecule has 0 amide bonds. The Morgan fingerprint density at radius 2 is 1.75 bits per heavy atom. The first-order valence-corrected chi connectivity index (χ1v) is 4.98. The number of hydrogen-bond donors (Lipinski definition) is 0. The van der Waals surface area contributed by atoms with Crippen LogP contribution in [0.2, 0.25) is 0 Å². The van der Waals surface area contributed by atoms with E-state index in [1.54, 1.807) is 0 Å². The predicted octanol–water partition coefficient (Wildman–Crippen LogP) is 2.09. The molecule has 0 atom stereocenters. The largest absolute Gasteiger partial charge is 0.304 e. The first-order valence-electron chi connectivity index (χ1n) is 4.98. The summed E-state index contributed by atoms with van der Waals surface area (Å²) in [5, 5.41) is 0. The summed E-state index contributed by atoms with van der Waals surface area (Å²) < 4.78 is 0. The molecule has 0 fully saturated rings. The van der Waals surface area contributed by atoms with Gasteiger partial charge in [0.05, 0.1) is 0 Å². The molecule has 0 aliphatic rings. The highest BCUT2D eigenvalue weighted by Crippen LogP contribution is 1.97. The van der Waals surface area contributed by atoms with Crippen molar-refractivity contribution in [3.05, 3.63) is 0 Å². The summed E-state index contributed by atoms with van der Waals surface area (Å²) in [6.07, 6.45) is 2.47. The minimum atomic E-state index is 0.391. The Kier molecular flexibility index (Phi) is 7.06. The third kappa shape index (κ3) is 5.30. The van der Waals surface area contributed by atoms with Gasteiger partial charge >= 0.3 is 0 Å². The van der Waals surface area contributed by atoms with Crippen molar-refractivity contribution in [2.45, 2.75) is 40.0 Å². The van der Waals surface area contributed by atoms with E-state index >= 15 is 0 Å². The van der Waals surface area contributed by atoms with Crippen molar-refractivity contribution in [1.29, 1.82) is 0 Å². The molecule has 12 heavy (non-hydrogen) atoms. The summed E-state index contributed by atoms with van der Waals surface area (Å²) in [4.78, 5) is 13.3. The van der Waals surface area contributed by atoms with Crippen molar-refractivity contribution in [3.8, 4) is 0 Å². The predicted molar refractivity (Wildman–Crippen MR) is 52.3 cm³/mol. The summed E-state index contributed by atoms with van der Waals surface area (Å²) in [6.45, 7) is 9.50. The maximum Gasteiger partial charge on any atom is 0.132 e. The van der Waals surface area contributed by atoms with Gasteiger partial charge in [-0.05, 0) is 26.1 Å². The van der Waals surface area contributed by atoms with Gasteiger partial charge < -0.3 is 4.90 Å². The third-order valence-corrected chi connectivity index (χ3v) is 2.22. The van der Waals surface area contributed by atoms with Crippen LogP contribution in [-0.2, 0) is 4.79 Å². The Labute approximate surface area is 75.9 Å². The molecule has 0 heterocycles.